The largest absolute Gasteiger partial charge is 0.545 e. The molecule has 11 heteroatoms. The van der Waals surface area contributed by atoms with E-state index in [1.54, 1.807) is 62.4 Å². The van der Waals surface area contributed by atoms with Crippen LogP contribution >= 0.6 is 11.3 Å². The lowest BCUT2D eigenvalue weighted by Crippen LogP contribution is -2.39. The standard InChI is InChI=1S/C29H22N2O8S/c1-3-36-28(35)24-15(2)30-29-31(25(24)17-7-9-21-22(12-17)38-14-37-21)26(32)23(40-29)13-19-8-10-20(39-19)16-5-4-6-18(11-16)27(33)34/h4-13,25H,3,14H2,1-2H3,(H,33,34)/p-1. The van der Waals surface area contributed by atoms with E-state index in [9.17, 15) is 19.5 Å². The van der Waals surface area contributed by atoms with E-state index in [-0.39, 0.29) is 30.1 Å². The van der Waals surface area contributed by atoms with Gasteiger partial charge in [-0.25, -0.2) is 9.79 Å². The number of allylic oxidation sites excluding steroid dienone is 1. The lowest BCUT2D eigenvalue weighted by atomic mass is 9.95. The van der Waals surface area contributed by atoms with Gasteiger partial charge in [0.2, 0.25) is 6.79 Å². The number of esters is 1. The number of carboxylic acid groups (broad SMARTS) is 1. The lowest BCUT2D eigenvalue weighted by Gasteiger charge is -2.24. The predicted molar refractivity (Wildman–Crippen MR) is 141 cm³/mol. The summed E-state index contributed by atoms with van der Waals surface area (Å²) in [6.07, 6.45) is 1.59. The Morgan fingerprint density at radius 2 is 1.98 bits per heavy atom. The quantitative estimate of drug-likeness (QED) is 0.330. The molecule has 0 bridgehead atoms. The van der Waals surface area contributed by atoms with Crippen molar-refractivity contribution < 1.29 is 33.3 Å². The molecule has 0 amide bonds. The molecule has 4 heterocycles. The second kappa shape index (κ2) is 10.0. The van der Waals surface area contributed by atoms with E-state index in [1.165, 1.54) is 16.7 Å². The molecule has 0 saturated carbocycles. The van der Waals surface area contributed by atoms with Gasteiger partial charge < -0.3 is 28.5 Å². The van der Waals surface area contributed by atoms with Crippen molar-refractivity contribution in [3.63, 3.8) is 0 Å². The molecule has 40 heavy (non-hydrogen) atoms. The second-order valence-corrected chi connectivity index (χ2v) is 9.99. The van der Waals surface area contributed by atoms with E-state index in [0.29, 0.717) is 49.2 Å². The van der Waals surface area contributed by atoms with Gasteiger partial charge in [-0.2, -0.15) is 0 Å². The molecular weight excluding hydrogens is 536 g/mol. The zero-order valence-corrected chi connectivity index (χ0v) is 22.2. The summed E-state index contributed by atoms with van der Waals surface area (Å²) in [6, 6.07) is 14.1. The molecule has 1 unspecified atom stereocenters. The zero-order valence-electron chi connectivity index (χ0n) is 21.3. The number of nitrogens with zero attached hydrogens (tertiary/aromatic N) is 2. The number of carboxylic acids is 1. The number of thiazole rings is 1. The summed E-state index contributed by atoms with van der Waals surface area (Å²) in [5.41, 5.74) is 1.56. The number of hydrogen-bond donors (Lipinski definition) is 0. The molecule has 10 nitrogen and oxygen atoms in total. The van der Waals surface area contributed by atoms with Crippen molar-refractivity contribution in [3.8, 4) is 22.8 Å². The smallest absolute Gasteiger partial charge is 0.338 e. The number of fused-ring (bicyclic) bond motifs is 2. The van der Waals surface area contributed by atoms with Crippen LogP contribution in [-0.4, -0.2) is 29.9 Å². The Kier molecular flexibility index (Phi) is 6.35. The molecular formula is C29H21N2O8S-. The normalized spacial score (nSPS) is 16.1. The number of hydrogen-bond acceptors (Lipinski definition) is 10. The fourth-order valence-corrected chi connectivity index (χ4v) is 5.73. The molecule has 0 N–H and O–H groups in total. The average molecular weight is 558 g/mol. The topological polar surface area (TPSA) is 132 Å². The Balaban J connectivity index is 1.46. The Hall–Kier alpha value is -4.90. The van der Waals surface area contributed by atoms with Gasteiger partial charge >= 0.3 is 5.97 Å². The molecule has 2 aliphatic rings. The maximum Gasteiger partial charge on any atom is 0.338 e. The minimum atomic E-state index is -1.29. The third-order valence-electron chi connectivity index (χ3n) is 6.51. The Bertz CT molecular complexity index is 1890. The number of ether oxygens (including phenoxy) is 3. The van der Waals surface area contributed by atoms with Gasteiger partial charge in [0.05, 0.1) is 34.4 Å². The third-order valence-corrected chi connectivity index (χ3v) is 7.50. The highest BCUT2D eigenvalue weighted by molar-refractivity contribution is 7.07. The molecule has 2 aromatic heterocycles. The van der Waals surface area contributed by atoms with Crippen LogP contribution in [0.25, 0.3) is 17.4 Å². The molecule has 202 valence electrons. The molecule has 0 radical (unpaired) electrons. The maximum atomic E-state index is 13.8. The van der Waals surface area contributed by atoms with E-state index >= 15 is 0 Å². The zero-order chi connectivity index (χ0) is 28.0. The van der Waals surface area contributed by atoms with Gasteiger partial charge in [-0.05, 0) is 55.3 Å². The number of benzene rings is 2. The average Bonchev–Trinajstić information content (AvgIpc) is 3.67. The van der Waals surface area contributed by atoms with Crippen LogP contribution in [0.1, 0.15) is 41.6 Å². The van der Waals surface area contributed by atoms with Crippen LogP contribution in [0.5, 0.6) is 11.5 Å². The van der Waals surface area contributed by atoms with Crippen LogP contribution in [0.15, 0.2) is 80.1 Å². The Morgan fingerprint density at radius 1 is 1.15 bits per heavy atom. The van der Waals surface area contributed by atoms with Crippen molar-refractivity contribution >= 4 is 29.4 Å². The van der Waals surface area contributed by atoms with Crippen molar-refractivity contribution in [2.45, 2.75) is 19.9 Å². The summed E-state index contributed by atoms with van der Waals surface area (Å²) in [5.74, 6) is 0.0666. The van der Waals surface area contributed by atoms with Crippen LogP contribution in [0.3, 0.4) is 0 Å². The van der Waals surface area contributed by atoms with Crippen LogP contribution in [0.2, 0.25) is 0 Å². The molecule has 4 aromatic rings. The molecule has 1 atom stereocenters. The van der Waals surface area contributed by atoms with Crippen molar-refractivity contribution in [2.75, 3.05) is 13.4 Å². The van der Waals surface area contributed by atoms with Crippen molar-refractivity contribution in [2.24, 2.45) is 4.99 Å². The number of furan rings is 1. The first kappa shape index (κ1) is 25.4. The molecule has 2 aliphatic heterocycles. The van der Waals surface area contributed by atoms with Gasteiger partial charge in [-0.15, -0.1) is 0 Å². The van der Waals surface area contributed by atoms with E-state index in [4.69, 9.17) is 18.6 Å². The summed E-state index contributed by atoms with van der Waals surface area (Å²) in [4.78, 5) is 43.1. The van der Waals surface area contributed by atoms with Crippen molar-refractivity contribution in [1.29, 1.82) is 0 Å². The highest BCUT2D eigenvalue weighted by atomic mass is 32.1. The maximum absolute atomic E-state index is 13.8. The first-order valence-corrected chi connectivity index (χ1v) is 13.2. The lowest BCUT2D eigenvalue weighted by molar-refractivity contribution is -0.255. The van der Waals surface area contributed by atoms with Crippen LogP contribution < -0.4 is 29.5 Å². The van der Waals surface area contributed by atoms with E-state index in [1.807, 2.05) is 0 Å². The second-order valence-electron chi connectivity index (χ2n) is 8.99. The highest BCUT2D eigenvalue weighted by Crippen LogP contribution is 2.38. The number of aromatic carboxylic acids is 1. The first-order chi connectivity index (χ1) is 19.3. The Morgan fingerprint density at radius 3 is 2.77 bits per heavy atom. The number of carbonyl (C=O) groups is 2. The van der Waals surface area contributed by atoms with Gasteiger partial charge in [-0.1, -0.05) is 35.6 Å². The van der Waals surface area contributed by atoms with Gasteiger partial charge in [0.1, 0.15) is 11.5 Å². The minimum absolute atomic E-state index is 0.0278. The fraction of sp³-hybridized carbons (Fsp3) is 0.172. The molecule has 2 aromatic carbocycles. The van der Waals surface area contributed by atoms with E-state index in [0.717, 1.165) is 11.3 Å². The van der Waals surface area contributed by atoms with Crippen LogP contribution in [0.4, 0.5) is 0 Å². The van der Waals surface area contributed by atoms with Crippen LogP contribution in [-0.2, 0) is 9.53 Å². The number of carbonyl (C=O) groups excluding carboxylic acids is 2. The van der Waals surface area contributed by atoms with E-state index in [2.05, 4.69) is 4.99 Å². The van der Waals surface area contributed by atoms with Crippen molar-refractivity contribution in [3.05, 3.63) is 102 Å². The third kappa shape index (κ3) is 4.39. The molecule has 0 aliphatic carbocycles. The number of rotatable bonds is 6. The van der Waals surface area contributed by atoms with Gasteiger partial charge in [0, 0.05) is 11.6 Å². The predicted octanol–water partition coefficient (Wildman–Crippen LogP) is 2.15. The molecule has 0 spiro atoms. The first-order valence-electron chi connectivity index (χ1n) is 12.3. The van der Waals surface area contributed by atoms with Crippen molar-refractivity contribution in [1.82, 2.24) is 4.57 Å². The molecule has 6 rings (SSSR count). The highest BCUT2D eigenvalue weighted by Gasteiger charge is 2.34. The molecule has 0 saturated heterocycles. The summed E-state index contributed by atoms with van der Waals surface area (Å²) >= 11 is 1.16. The molecule has 0 fully saturated rings. The summed E-state index contributed by atoms with van der Waals surface area (Å²) in [7, 11) is 0. The number of aromatic nitrogens is 1. The summed E-state index contributed by atoms with van der Waals surface area (Å²) in [5, 5.41) is 11.2. The SMILES string of the molecule is CCOC(=O)C1=C(C)N=c2sc(=Cc3ccc(-c4cccc(C(=O)[O-])c4)o3)c(=O)n2C1c1ccc2c(c1)OCO2. The summed E-state index contributed by atoms with van der Waals surface area (Å²) < 4.78 is 24.0. The van der Waals surface area contributed by atoms with Crippen LogP contribution in [0, 0.1) is 0 Å². The van der Waals surface area contributed by atoms with Gasteiger partial charge in [0.15, 0.2) is 16.3 Å². The monoisotopic (exact) mass is 557 g/mol. The minimum Gasteiger partial charge on any atom is -0.545 e. The van der Waals surface area contributed by atoms with Gasteiger partial charge in [0.25, 0.3) is 5.56 Å². The van der Waals surface area contributed by atoms with E-state index < -0.39 is 18.0 Å². The van der Waals surface area contributed by atoms with Gasteiger partial charge in [-0.3, -0.25) is 9.36 Å². The fourth-order valence-electron chi connectivity index (χ4n) is 4.70. The summed E-state index contributed by atoms with van der Waals surface area (Å²) in [6.45, 7) is 3.68. The Labute approximate surface area is 230 Å².